The normalized spacial score (nSPS) is 10.9. The lowest BCUT2D eigenvalue weighted by atomic mass is 10.1. The van der Waals surface area contributed by atoms with E-state index in [2.05, 4.69) is 35.0 Å². The summed E-state index contributed by atoms with van der Waals surface area (Å²) in [4.78, 5) is 0. The van der Waals surface area contributed by atoms with Crippen LogP contribution in [-0.2, 0) is 13.1 Å². The third-order valence-electron chi connectivity index (χ3n) is 3.68. The predicted octanol–water partition coefficient (Wildman–Crippen LogP) is 3.57. The minimum absolute atomic E-state index is 0.582. The molecule has 0 saturated carbocycles. The predicted molar refractivity (Wildman–Crippen MR) is 86.4 cm³/mol. The van der Waals surface area contributed by atoms with Gasteiger partial charge in [-0.05, 0) is 36.2 Å². The Morgan fingerprint density at radius 1 is 0.952 bits per heavy atom. The largest absolute Gasteiger partial charge is 0.494 e. The Kier molecular flexibility index (Phi) is 4.22. The molecule has 0 spiro atoms. The average Bonchev–Trinajstić information content (AvgIpc) is 2.96. The van der Waals surface area contributed by atoms with E-state index in [1.54, 1.807) is 0 Å². The monoisotopic (exact) mass is 280 g/mol. The van der Waals surface area contributed by atoms with Gasteiger partial charge in [-0.3, -0.25) is 0 Å². The summed E-state index contributed by atoms with van der Waals surface area (Å²) in [5.41, 5.74) is 8.23. The van der Waals surface area contributed by atoms with Crippen molar-refractivity contribution in [1.29, 1.82) is 0 Å². The molecule has 108 valence electrons. The second-order valence-corrected chi connectivity index (χ2v) is 5.08. The highest BCUT2D eigenvalue weighted by molar-refractivity contribution is 5.83. The molecular weight excluding hydrogens is 260 g/mol. The Hall–Kier alpha value is -2.26. The lowest BCUT2D eigenvalue weighted by molar-refractivity contribution is 0.302. The van der Waals surface area contributed by atoms with Gasteiger partial charge in [-0.2, -0.15) is 0 Å². The molecule has 0 aliphatic heterocycles. The number of aromatic nitrogens is 1. The Morgan fingerprint density at radius 2 is 1.81 bits per heavy atom. The fourth-order valence-corrected chi connectivity index (χ4v) is 2.60. The fraction of sp³-hybridized carbons (Fsp3) is 0.222. The molecule has 0 atom stereocenters. The number of hydrogen-bond donors (Lipinski definition) is 1. The standard InChI is InChI=1S/C18H20N2O/c19-14-15-6-4-9-18-17(15)10-12-20(18)11-5-13-21-16-7-2-1-3-8-16/h1-4,6-10,12H,5,11,13-14,19H2. The molecule has 0 saturated heterocycles. The Bertz CT molecular complexity index is 704. The van der Waals surface area contributed by atoms with E-state index in [0.29, 0.717) is 6.54 Å². The number of nitrogens with zero attached hydrogens (tertiary/aromatic N) is 1. The lowest BCUT2D eigenvalue weighted by Gasteiger charge is -2.08. The maximum Gasteiger partial charge on any atom is 0.119 e. The molecule has 0 radical (unpaired) electrons. The van der Waals surface area contributed by atoms with Gasteiger partial charge < -0.3 is 15.0 Å². The highest BCUT2D eigenvalue weighted by Crippen LogP contribution is 2.20. The molecule has 1 heterocycles. The molecule has 3 nitrogen and oxygen atoms in total. The highest BCUT2D eigenvalue weighted by atomic mass is 16.5. The zero-order chi connectivity index (χ0) is 14.5. The minimum Gasteiger partial charge on any atom is -0.494 e. The smallest absolute Gasteiger partial charge is 0.119 e. The van der Waals surface area contributed by atoms with E-state index >= 15 is 0 Å². The van der Waals surface area contributed by atoms with E-state index in [-0.39, 0.29) is 0 Å². The van der Waals surface area contributed by atoms with Crippen molar-refractivity contribution in [2.75, 3.05) is 6.61 Å². The average molecular weight is 280 g/mol. The van der Waals surface area contributed by atoms with Crippen molar-refractivity contribution in [2.24, 2.45) is 5.73 Å². The molecule has 2 N–H and O–H groups in total. The lowest BCUT2D eigenvalue weighted by Crippen LogP contribution is -2.04. The maximum atomic E-state index is 5.78. The maximum absolute atomic E-state index is 5.78. The van der Waals surface area contributed by atoms with Crippen LogP contribution in [0.1, 0.15) is 12.0 Å². The second-order valence-electron chi connectivity index (χ2n) is 5.08. The number of aryl methyl sites for hydroxylation is 1. The van der Waals surface area contributed by atoms with Gasteiger partial charge in [0.2, 0.25) is 0 Å². The van der Waals surface area contributed by atoms with Crippen LogP contribution in [0.3, 0.4) is 0 Å². The van der Waals surface area contributed by atoms with Crippen LogP contribution in [-0.4, -0.2) is 11.2 Å². The molecule has 1 aromatic heterocycles. The van der Waals surface area contributed by atoms with Crippen molar-refractivity contribution in [3.63, 3.8) is 0 Å². The van der Waals surface area contributed by atoms with Crippen molar-refractivity contribution < 1.29 is 4.74 Å². The van der Waals surface area contributed by atoms with Crippen LogP contribution in [0.25, 0.3) is 10.9 Å². The van der Waals surface area contributed by atoms with E-state index in [1.807, 2.05) is 30.3 Å². The first kappa shape index (κ1) is 13.7. The number of fused-ring (bicyclic) bond motifs is 1. The van der Waals surface area contributed by atoms with E-state index in [4.69, 9.17) is 10.5 Å². The molecule has 3 rings (SSSR count). The molecule has 0 amide bonds. The van der Waals surface area contributed by atoms with Crippen LogP contribution < -0.4 is 10.5 Å². The number of para-hydroxylation sites is 1. The van der Waals surface area contributed by atoms with Crippen LogP contribution in [0, 0.1) is 0 Å². The Labute approximate surface area is 125 Å². The van der Waals surface area contributed by atoms with Crippen LogP contribution in [0.15, 0.2) is 60.8 Å². The second kappa shape index (κ2) is 6.46. The van der Waals surface area contributed by atoms with Crippen molar-refractivity contribution in [2.45, 2.75) is 19.5 Å². The third kappa shape index (κ3) is 3.09. The zero-order valence-corrected chi connectivity index (χ0v) is 12.0. The van der Waals surface area contributed by atoms with Crippen molar-refractivity contribution in [1.82, 2.24) is 4.57 Å². The fourth-order valence-electron chi connectivity index (χ4n) is 2.60. The SMILES string of the molecule is NCc1cccc2c1ccn2CCCOc1ccccc1. The first-order valence-corrected chi connectivity index (χ1v) is 7.33. The van der Waals surface area contributed by atoms with Gasteiger partial charge >= 0.3 is 0 Å². The van der Waals surface area contributed by atoms with Crippen LogP contribution in [0.2, 0.25) is 0 Å². The van der Waals surface area contributed by atoms with E-state index in [0.717, 1.165) is 25.3 Å². The molecule has 3 heteroatoms. The molecule has 0 unspecified atom stereocenters. The summed E-state index contributed by atoms with van der Waals surface area (Å²) in [6.45, 7) is 2.25. The Morgan fingerprint density at radius 3 is 2.62 bits per heavy atom. The molecule has 0 aliphatic rings. The van der Waals surface area contributed by atoms with Gasteiger partial charge in [0, 0.05) is 30.2 Å². The summed E-state index contributed by atoms with van der Waals surface area (Å²) in [6.07, 6.45) is 3.11. The van der Waals surface area contributed by atoms with Gasteiger partial charge in [0.25, 0.3) is 0 Å². The topological polar surface area (TPSA) is 40.2 Å². The van der Waals surface area contributed by atoms with Crippen molar-refractivity contribution in [3.05, 3.63) is 66.4 Å². The highest BCUT2D eigenvalue weighted by Gasteiger charge is 2.04. The number of hydrogen-bond acceptors (Lipinski definition) is 2. The molecule has 0 fully saturated rings. The molecule has 0 aliphatic carbocycles. The zero-order valence-electron chi connectivity index (χ0n) is 12.0. The number of rotatable bonds is 6. The van der Waals surface area contributed by atoms with E-state index in [9.17, 15) is 0 Å². The summed E-state index contributed by atoms with van der Waals surface area (Å²) in [5, 5.41) is 1.25. The summed E-state index contributed by atoms with van der Waals surface area (Å²) < 4.78 is 7.99. The summed E-state index contributed by atoms with van der Waals surface area (Å²) >= 11 is 0. The van der Waals surface area contributed by atoms with Crippen LogP contribution >= 0.6 is 0 Å². The van der Waals surface area contributed by atoms with E-state index in [1.165, 1.54) is 16.5 Å². The minimum atomic E-state index is 0.582. The molecular formula is C18H20N2O. The first-order chi connectivity index (χ1) is 10.4. The third-order valence-corrected chi connectivity index (χ3v) is 3.68. The first-order valence-electron chi connectivity index (χ1n) is 7.33. The van der Waals surface area contributed by atoms with E-state index < -0.39 is 0 Å². The quantitative estimate of drug-likeness (QED) is 0.701. The molecule has 21 heavy (non-hydrogen) atoms. The number of benzene rings is 2. The molecule has 3 aromatic rings. The molecule has 2 aromatic carbocycles. The Balaban J connectivity index is 1.61. The summed E-state index contributed by atoms with van der Waals surface area (Å²) in [7, 11) is 0. The summed E-state index contributed by atoms with van der Waals surface area (Å²) in [5.74, 6) is 0.931. The summed E-state index contributed by atoms with van der Waals surface area (Å²) in [6, 6.07) is 18.4. The number of nitrogens with two attached hydrogens (primary N) is 1. The van der Waals surface area contributed by atoms with Gasteiger partial charge in [0.15, 0.2) is 0 Å². The van der Waals surface area contributed by atoms with Crippen molar-refractivity contribution >= 4 is 10.9 Å². The molecule has 0 bridgehead atoms. The van der Waals surface area contributed by atoms with Gasteiger partial charge in [-0.15, -0.1) is 0 Å². The number of ether oxygens (including phenoxy) is 1. The van der Waals surface area contributed by atoms with Gasteiger partial charge in [-0.1, -0.05) is 30.3 Å². The van der Waals surface area contributed by atoms with Gasteiger partial charge in [0.05, 0.1) is 6.61 Å². The van der Waals surface area contributed by atoms with Crippen LogP contribution in [0.5, 0.6) is 5.75 Å². The van der Waals surface area contributed by atoms with Crippen LogP contribution in [0.4, 0.5) is 0 Å². The van der Waals surface area contributed by atoms with Gasteiger partial charge in [-0.25, -0.2) is 0 Å². The van der Waals surface area contributed by atoms with Crippen molar-refractivity contribution in [3.8, 4) is 5.75 Å². The van der Waals surface area contributed by atoms with Gasteiger partial charge in [0.1, 0.15) is 5.75 Å².